The van der Waals surface area contributed by atoms with E-state index < -0.39 is 29.9 Å². The van der Waals surface area contributed by atoms with E-state index in [0.717, 1.165) is 0 Å². The second-order valence-corrected chi connectivity index (χ2v) is 2.62. The van der Waals surface area contributed by atoms with Crippen LogP contribution in [0.25, 0.3) is 0 Å². The first-order valence-corrected chi connectivity index (χ1v) is 3.76. The average Bonchev–Trinajstić information content (AvgIpc) is 2.46. The Hall–Kier alpha value is -1.94. The smallest absolute Gasteiger partial charge is 0.288 e. The summed E-state index contributed by atoms with van der Waals surface area (Å²) in [6.45, 7) is 0. The van der Waals surface area contributed by atoms with Crippen LogP contribution >= 0.6 is 0 Å². The molecule has 0 aromatic rings. The first kappa shape index (κ1) is 13.1. The molecule has 0 atom stereocenters. The van der Waals surface area contributed by atoms with E-state index in [2.05, 4.69) is 10.1 Å². The molecule has 0 spiro atoms. The first-order valence-electron chi connectivity index (χ1n) is 3.76. The molecular formula is C6H2F6N4O. The number of hydrogen-bond donors (Lipinski definition) is 1. The van der Waals surface area contributed by atoms with Gasteiger partial charge in [-0.25, -0.2) is 4.99 Å². The highest BCUT2D eigenvalue weighted by molar-refractivity contribution is 6.36. The molecule has 94 valence electrons. The fourth-order valence-electron chi connectivity index (χ4n) is 0.717. The van der Waals surface area contributed by atoms with Gasteiger partial charge < -0.3 is 0 Å². The number of carbonyl (C=O) groups excluding carboxylic acids is 1. The number of hydrogen-bond acceptors (Lipinski definition) is 3. The molecule has 1 aliphatic rings. The third-order valence-corrected chi connectivity index (χ3v) is 1.32. The van der Waals surface area contributed by atoms with Crippen LogP contribution < -0.4 is 5.32 Å². The van der Waals surface area contributed by atoms with Crippen LogP contribution in [0, 0.1) is 0 Å². The Balaban J connectivity index is 3.01. The second-order valence-electron chi connectivity index (χ2n) is 2.62. The topological polar surface area (TPSA) is 66.2 Å². The summed E-state index contributed by atoms with van der Waals surface area (Å²) in [6.07, 6.45) is -10.8. The van der Waals surface area contributed by atoms with Gasteiger partial charge in [-0.15, -0.1) is 10.2 Å². The molecule has 11 heteroatoms. The number of carbonyl (C=O) groups is 1. The molecular weight excluding hydrogens is 258 g/mol. The highest BCUT2D eigenvalue weighted by Gasteiger charge is 2.53. The number of rotatable bonds is 1. The van der Waals surface area contributed by atoms with E-state index in [0.29, 0.717) is 6.21 Å². The van der Waals surface area contributed by atoms with Crippen LogP contribution in [0.4, 0.5) is 26.3 Å². The van der Waals surface area contributed by atoms with E-state index in [-0.39, 0.29) is 0 Å². The van der Waals surface area contributed by atoms with Gasteiger partial charge in [0, 0.05) is 0 Å². The Morgan fingerprint density at radius 3 is 2.06 bits per heavy atom. The standard InChI is InChI=1S/C6H2F6N4O/c7-5(8,9)3(6(10,11)12)15-16-4-13-1-2(17)14-4/h1H,(H,14,16,17). The summed E-state index contributed by atoms with van der Waals surface area (Å²) in [5.74, 6) is -1.57. The zero-order valence-electron chi connectivity index (χ0n) is 7.60. The highest BCUT2D eigenvalue weighted by Crippen LogP contribution is 2.30. The molecule has 0 unspecified atom stereocenters. The van der Waals surface area contributed by atoms with Crippen molar-refractivity contribution in [3.63, 3.8) is 0 Å². The number of aliphatic imine (C=N–C) groups is 1. The molecule has 1 rings (SSSR count). The number of alkyl halides is 6. The lowest BCUT2D eigenvalue weighted by Gasteiger charge is -2.11. The number of nitrogens with zero attached hydrogens (tertiary/aromatic N) is 3. The normalized spacial score (nSPS) is 18.5. The van der Waals surface area contributed by atoms with Gasteiger partial charge in [0.25, 0.3) is 5.91 Å². The summed E-state index contributed by atoms with van der Waals surface area (Å²) in [5.41, 5.74) is -3.03. The Labute approximate surface area is 88.9 Å². The molecule has 0 aliphatic carbocycles. The van der Waals surface area contributed by atoms with Crippen LogP contribution in [-0.4, -0.2) is 36.1 Å². The van der Waals surface area contributed by atoms with Crippen LogP contribution in [0.5, 0.6) is 0 Å². The Bertz CT molecular complexity index is 401. The lowest BCUT2D eigenvalue weighted by atomic mass is 10.3. The Morgan fingerprint density at radius 1 is 1.18 bits per heavy atom. The third kappa shape index (κ3) is 3.53. The minimum absolute atomic E-state index is 0.634. The van der Waals surface area contributed by atoms with Crippen molar-refractivity contribution in [2.75, 3.05) is 0 Å². The van der Waals surface area contributed by atoms with Gasteiger partial charge in [0.05, 0.1) is 6.21 Å². The predicted octanol–water partition coefficient (Wildman–Crippen LogP) is 1.02. The molecule has 0 bridgehead atoms. The van der Waals surface area contributed by atoms with E-state index in [1.54, 1.807) is 5.32 Å². The van der Waals surface area contributed by atoms with Crippen LogP contribution in [0.3, 0.4) is 0 Å². The van der Waals surface area contributed by atoms with E-state index in [9.17, 15) is 31.1 Å². The monoisotopic (exact) mass is 260 g/mol. The van der Waals surface area contributed by atoms with E-state index in [4.69, 9.17) is 0 Å². The molecule has 1 amide bonds. The summed E-state index contributed by atoms with van der Waals surface area (Å²) in [7, 11) is 0. The summed E-state index contributed by atoms with van der Waals surface area (Å²) in [4.78, 5) is 13.5. The molecule has 0 saturated heterocycles. The molecule has 1 heterocycles. The van der Waals surface area contributed by atoms with Crippen LogP contribution in [0.1, 0.15) is 0 Å². The number of nitrogens with one attached hydrogen (secondary N) is 1. The molecule has 5 nitrogen and oxygen atoms in total. The predicted molar refractivity (Wildman–Crippen MR) is 43.6 cm³/mol. The van der Waals surface area contributed by atoms with E-state index in [1.165, 1.54) is 0 Å². The molecule has 0 fully saturated rings. The van der Waals surface area contributed by atoms with E-state index >= 15 is 0 Å². The van der Waals surface area contributed by atoms with E-state index in [1.807, 2.05) is 5.10 Å². The lowest BCUT2D eigenvalue weighted by molar-refractivity contribution is -0.118. The summed E-state index contributed by atoms with van der Waals surface area (Å²) >= 11 is 0. The molecule has 0 aromatic heterocycles. The maximum Gasteiger partial charge on any atom is 0.440 e. The van der Waals surface area contributed by atoms with Gasteiger partial charge in [-0.2, -0.15) is 26.3 Å². The molecule has 1 aliphatic heterocycles. The average molecular weight is 260 g/mol. The molecule has 1 N–H and O–H groups in total. The van der Waals surface area contributed by atoms with Crippen molar-refractivity contribution in [2.24, 2.45) is 15.2 Å². The van der Waals surface area contributed by atoms with Gasteiger partial charge in [0.1, 0.15) is 0 Å². The van der Waals surface area contributed by atoms with Crippen molar-refractivity contribution in [3.8, 4) is 0 Å². The molecule has 17 heavy (non-hydrogen) atoms. The summed E-state index contributed by atoms with van der Waals surface area (Å²) < 4.78 is 71.5. The molecule has 0 aromatic carbocycles. The van der Waals surface area contributed by atoms with Crippen LogP contribution in [0.2, 0.25) is 0 Å². The van der Waals surface area contributed by atoms with Gasteiger partial charge in [0.15, 0.2) is 0 Å². The van der Waals surface area contributed by atoms with Crippen molar-refractivity contribution in [2.45, 2.75) is 12.4 Å². The Kier molecular flexibility index (Phi) is 3.20. The van der Waals surface area contributed by atoms with Crippen LogP contribution in [-0.2, 0) is 4.79 Å². The van der Waals surface area contributed by atoms with Gasteiger partial charge in [-0.1, -0.05) is 0 Å². The lowest BCUT2D eigenvalue weighted by Crippen LogP contribution is -2.37. The second kappa shape index (κ2) is 4.14. The van der Waals surface area contributed by atoms with Gasteiger partial charge >= 0.3 is 12.4 Å². The van der Waals surface area contributed by atoms with Crippen molar-refractivity contribution >= 4 is 23.8 Å². The summed E-state index contributed by atoms with van der Waals surface area (Å²) in [5, 5.41) is 6.31. The SMILES string of the molecule is O=C1C=NC(=NN=C(C(F)(F)F)C(F)(F)F)N1. The molecule has 0 saturated carbocycles. The number of amides is 1. The quantitative estimate of drug-likeness (QED) is 0.427. The highest BCUT2D eigenvalue weighted by atomic mass is 19.4. The van der Waals surface area contributed by atoms with Crippen molar-refractivity contribution < 1.29 is 31.1 Å². The Morgan fingerprint density at radius 2 is 1.71 bits per heavy atom. The minimum atomic E-state index is -5.70. The summed E-state index contributed by atoms with van der Waals surface area (Å²) in [6, 6.07) is 0. The van der Waals surface area contributed by atoms with Gasteiger partial charge in [0.2, 0.25) is 11.7 Å². The zero-order valence-corrected chi connectivity index (χ0v) is 7.60. The van der Waals surface area contributed by atoms with Crippen LogP contribution in [0.15, 0.2) is 15.2 Å². The van der Waals surface area contributed by atoms with Gasteiger partial charge in [-0.05, 0) is 0 Å². The largest absolute Gasteiger partial charge is 0.440 e. The van der Waals surface area contributed by atoms with Crippen molar-refractivity contribution in [1.29, 1.82) is 0 Å². The first-order chi connectivity index (χ1) is 7.60. The molecule has 0 radical (unpaired) electrons. The van der Waals surface area contributed by atoms with Gasteiger partial charge in [-0.3, -0.25) is 10.1 Å². The fraction of sp³-hybridized carbons (Fsp3) is 0.333. The number of guanidine groups is 1. The fourth-order valence-corrected chi connectivity index (χ4v) is 0.717. The zero-order chi connectivity index (χ0) is 13.3. The minimum Gasteiger partial charge on any atom is -0.288 e. The maximum absolute atomic E-state index is 11.9. The maximum atomic E-state index is 11.9. The van der Waals surface area contributed by atoms with Crippen molar-refractivity contribution in [3.05, 3.63) is 0 Å². The third-order valence-electron chi connectivity index (χ3n) is 1.32. The number of halogens is 6. The van der Waals surface area contributed by atoms with Crippen molar-refractivity contribution in [1.82, 2.24) is 5.32 Å².